The Kier molecular flexibility index (Phi) is 3.90. The molecule has 0 aliphatic heterocycles. The largest absolute Gasteiger partial charge is 0.507 e. The molecule has 0 amide bonds. The molecule has 88 valence electrons. The van der Waals surface area contributed by atoms with Crippen molar-refractivity contribution in [2.24, 2.45) is 5.73 Å². The molecule has 3 N–H and O–H groups in total. The molecular formula is C12H17NO3. The number of phenols is 1. The molecule has 0 aliphatic carbocycles. The van der Waals surface area contributed by atoms with E-state index >= 15 is 0 Å². The minimum absolute atomic E-state index is 0.0131. The van der Waals surface area contributed by atoms with Crippen LogP contribution >= 0.6 is 0 Å². The second kappa shape index (κ2) is 4.99. The number of nitrogens with two attached hydrogens (primary N) is 1. The molecule has 0 bridgehead atoms. The van der Waals surface area contributed by atoms with Crippen molar-refractivity contribution in [1.82, 2.24) is 0 Å². The molecule has 0 saturated carbocycles. The van der Waals surface area contributed by atoms with Crippen LogP contribution in [0, 0.1) is 13.8 Å². The molecule has 0 unspecified atom stereocenters. The van der Waals surface area contributed by atoms with E-state index in [1.54, 1.807) is 13.0 Å². The second-order valence-corrected chi connectivity index (χ2v) is 3.71. The van der Waals surface area contributed by atoms with Gasteiger partial charge in [-0.3, -0.25) is 4.79 Å². The third-order valence-electron chi connectivity index (χ3n) is 2.55. The smallest absolute Gasteiger partial charge is 0.167 e. The Morgan fingerprint density at radius 1 is 1.50 bits per heavy atom. The molecule has 1 rings (SSSR count). The summed E-state index contributed by atoms with van der Waals surface area (Å²) in [6.45, 7) is 3.84. The van der Waals surface area contributed by atoms with Gasteiger partial charge in [-0.2, -0.15) is 0 Å². The van der Waals surface area contributed by atoms with Crippen LogP contribution in [0.3, 0.4) is 0 Å². The minimum Gasteiger partial charge on any atom is -0.507 e. The number of aromatic hydroxyl groups is 1. The zero-order chi connectivity index (χ0) is 12.3. The molecule has 4 nitrogen and oxygen atoms in total. The van der Waals surface area contributed by atoms with E-state index < -0.39 is 0 Å². The lowest BCUT2D eigenvalue weighted by molar-refractivity contribution is 0.0982. The molecule has 0 aromatic heterocycles. The van der Waals surface area contributed by atoms with Crippen LogP contribution in [0.15, 0.2) is 6.07 Å². The van der Waals surface area contributed by atoms with Crippen molar-refractivity contribution in [3.8, 4) is 11.5 Å². The molecule has 0 saturated heterocycles. The standard InChI is InChI=1S/C12H17NO3/c1-7-6-9(10(14)4-5-13)11(15)8(2)12(7)16-3/h6,15H,4-5,13H2,1-3H3. The van der Waals surface area contributed by atoms with E-state index in [2.05, 4.69) is 0 Å². The first-order valence-corrected chi connectivity index (χ1v) is 5.13. The zero-order valence-corrected chi connectivity index (χ0v) is 9.83. The summed E-state index contributed by atoms with van der Waals surface area (Å²) in [5.74, 6) is 0.455. The van der Waals surface area contributed by atoms with E-state index in [4.69, 9.17) is 10.5 Å². The molecule has 0 spiro atoms. The summed E-state index contributed by atoms with van der Waals surface area (Å²) in [5, 5.41) is 9.89. The van der Waals surface area contributed by atoms with Gasteiger partial charge in [-0.25, -0.2) is 0 Å². The number of benzene rings is 1. The number of phenolic OH excluding ortho intramolecular Hbond substituents is 1. The number of ketones is 1. The van der Waals surface area contributed by atoms with Gasteiger partial charge >= 0.3 is 0 Å². The molecule has 4 heteroatoms. The van der Waals surface area contributed by atoms with Crippen molar-refractivity contribution in [3.63, 3.8) is 0 Å². The average molecular weight is 223 g/mol. The summed E-state index contributed by atoms with van der Waals surface area (Å²) in [5.41, 5.74) is 7.06. The van der Waals surface area contributed by atoms with Crippen LogP contribution in [0.4, 0.5) is 0 Å². The Morgan fingerprint density at radius 2 is 2.12 bits per heavy atom. The quantitative estimate of drug-likeness (QED) is 0.759. The second-order valence-electron chi connectivity index (χ2n) is 3.71. The lowest BCUT2D eigenvalue weighted by atomic mass is 9.99. The number of hydrogen-bond donors (Lipinski definition) is 2. The van der Waals surface area contributed by atoms with Gasteiger partial charge < -0.3 is 15.6 Å². The third kappa shape index (κ3) is 2.17. The highest BCUT2D eigenvalue weighted by Gasteiger charge is 2.17. The predicted octanol–water partition coefficient (Wildman–Crippen LogP) is 1.55. The van der Waals surface area contributed by atoms with E-state index in [1.807, 2.05) is 6.92 Å². The summed E-state index contributed by atoms with van der Waals surface area (Å²) in [4.78, 5) is 11.7. The first kappa shape index (κ1) is 12.5. The summed E-state index contributed by atoms with van der Waals surface area (Å²) >= 11 is 0. The molecule has 0 fully saturated rings. The summed E-state index contributed by atoms with van der Waals surface area (Å²) in [6.07, 6.45) is 0.235. The van der Waals surface area contributed by atoms with Crippen molar-refractivity contribution in [3.05, 3.63) is 22.8 Å². The minimum atomic E-state index is -0.145. The summed E-state index contributed by atoms with van der Waals surface area (Å²) < 4.78 is 5.16. The van der Waals surface area contributed by atoms with Crippen LogP contribution in [-0.4, -0.2) is 24.5 Å². The number of carbonyl (C=O) groups excluding carboxylic acids is 1. The fourth-order valence-corrected chi connectivity index (χ4v) is 1.75. The molecule has 16 heavy (non-hydrogen) atoms. The molecule has 1 aromatic rings. The Labute approximate surface area is 95.0 Å². The van der Waals surface area contributed by atoms with Crippen LogP contribution in [-0.2, 0) is 0 Å². The van der Waals surface area contributed by atoms with Crippen molar-refractivity contribution in [1.29, 1.82) is 0 Å². The van der Waals surface area contributed by atoms with E-state index in [0.717, 1.165) is 5.56 Å². The van der Waals surface area contributed by atoms with Gasteiger partial charge in [-0.15, -0.1) is 0 Å². The number of ether oxygens (including phenoxy) is 1. The summed E-state index contributed by atoms with van der Waals surface area (Å²) in [7, 11) is 1.54. The van der Waals surface area contributed by atoms with Crippen LogP contribution in [0.5, 0.6) is 11.5 Å². The maximum atomic E-state index is 11.7. The molecule has 0 atom stereocenters. The third-order valence-corrected chi connectivity index (χ3v) is 2.55. The predicted molar refractivity (Wildman–Crippen MR) is 62.1 cm³/mol. The fourth-order valence-electron chi connectivity index (χ4n) is 1.75. The van der Waals surface area contributed by atoms with Gasteiger partial charge in [0.1, 0.15) is 11.5 Å². The van der Waals surface area contributed by atoms with Gasteiger partial charge in [0.2, 0.25) is 0 Å². The Bertz CT molecular complexity index is 413. The highest BCUT2D eigenvalue weighted by molar-refractivity contribution is 5.99. The van der Waals surface area contributed by atoms with Gasteiger partial charge in [0, 0.05) is 12.0 Å². The Morgan fingerprint density at radius 3 is 2.62 bits per heavy atom. The van der Waals surface area contributed by atoms with Crippen LogP contribution in [0.1, 0.15) is 27.9 Å². The van der Waals surface area contributed by atoms with Crippen LogP contribution in [0.25, 0.3) is 0 Å². The average Bonchev–Trinajstić information content (AvgIpc) is 2.24. The van der Waals surface area contributed by atoms with Crippen LogP contribution < -0.4 is 10.5 Å². The molecular weight excluding hydrogens is 206 g/mol. The van der Waals surface area contributed by atoms with E-state index in [1.165, 1.54) is 7.11 Å². The number of methoxy groups -OCH3 is 1. The molecule has 0 aliphatic rings. The number of Topliss-reactive ketones (excluding diaryl/α,β-unsaturated/α-hetero) is 1. The monoisotopic (exact) mass is 223 g/mol. The van der Waals surface area contributed by atoms with E-state index in [9.17, 15) is 9.90 Å². The number of carbonyl (C=O) groups is 1. The first-order valence-electron chi connectivity index (χ1n) is 5.13. The van der Waals surface area contributed by atoms with E-state index in [0.29, 0.717) is 16.9 Å². The van der Waals surface area contributed by atoms with Gasteiger partial charge in [0.05, 0.1) is 12.7 Å². The number of hydrogen-bond acceptors (Lipinski definition) is 4. The Balaban J connectivity index is 3.28. The molecule has 1 aromatic carbocycles. The zero-order valence-electron chi connectivity index (χ0n) is 9.83. The maximum Gasteiger partial charge on any atom is 0.167 e. The number of rotatable bonds is 4. The lowest BCUT2D eigenvalue weighted by Crippen LogP contribution is -2.09. The molecule has 0 radical (unpaired) electrons. The lowest BCUT2D eigenvalue weighted by Gasteiger charge is -2.13. The SMILES string of the molecule is COc1c(C)cc(C(=O)CCN)c(O)c1C. The van der Waals surface area contributed by atoms with Crippen molar-refractivity contribution in [2.45, 2.75) is 20.3 Å². The van der Waals surface area contributed by atoms with Gasteiger partial charge in [0.25, 0.3) is 0 Å². The van der Waals surface area contributed by atoms with E-state index in [-0.39, 0.29) is 24.5 Å². The van der Waals surface area contributed by atoms with Crippen molar-refractivity contribution >= 4 is 5.78 Å². The Hall–Kier alpha value is -1.55. The highest BCUT2D eigenvalue weighted by atomic mass is 16.5. The van der Waals surface area contributed by atoms with Crippen molar-refractivity contribution in [2.75, 3.05) is 13.7 Å². The molecule has 0 heterocycles. The first-order chi connectivity index (χ1) is 7.52. The van der Waals surface area contributed by atoms with Crippen LogP contribution in [0.2, 0.25) is 0 Å². The normalized spacial score (nSPS) is 10.2. The maximum absolute atomic E-state index is 11.7. The van der Waals surface area contributed by atoms with Gasteiger partial charge in [0.15, 0.2) is 5.78 Å². The summed E-state index contributed by atoms with van der Waals surface area (Å²) in [6, 6.07) is 1.64. The fraction of sp³-hybridized carbons (Fsp3) is 0.417. The van der Waals surface area contributed by atoms with Gasteiger partial charge in [-0.05, 0) is 32.0 Å². The van der Waals surface area contributed by atoms with Gasteiger partial charge in [-0.1, -0.05) is 0 Å². The highest BCUT2D eigenvalue weighted by Crippen LogP contribution is 2.34. The van der Waals surface area contributed by atoms with Crippen molar-refractivity contribution < 1.29 is 14.6 Å². The topological polar surface area (TPSA) is 72.5 Å². The number of aryl methyl sites for hydroxylation is 1.